The Labute approximate surface area is 209 Å². The number of aryl methyl sites for hydroxylation is 1. The Hall–Kier alpha value is -4.55. The lowest BCUT2D eigenvalue weighted by Gasteiger charge is -2.34. The van der Waals surface area contributed by atoms with E-state index in [-0.39, 0.29) is 18.4 Å². The molecule has 0 spiro atoms. The number of hydrogen-bond acceptors (Lipinski definition) is 8. The van der Waals surface area contributed by atoms with Gasteiger partial charge in [0.15, 0.2) is 0 Å². The summed E-state index contributed by atoms with van der Waals surface area (Å²) in [5.41, 5.74) is 9.71. The zero-order valence-electron chi connectivity index (χ0n) is 20.3. The van der Waals surface area contributed by atoms with Crippen LogP contribution in [0.15, 0.2) is 51.4 Å². The quantitative estimate of drug-likeness (QED) is 0.210. The topological polar surface area (TPSA) is 184 Å². The van der Waals surface area contributed by atoms with Crippen LogP contribution in [-0.4, -0.2) is 64.0 Å². The van der Waals surface area contributed by atoms with E-state index < -0.39 is 47.9 Å². The number of carbonyl (C=O) groups is 2. The SMILES string of the molecule is COC(=O)C(Cc1c[nH]c2ccccc12)N(C(=O)OC)C1OC(n2cc(C)c(=O)[nH]c2=O)CC1N=[N+]=[N-]. The van der Waals surface area contributed by atoms with Gasteiger partial charge in [0.25, 0.3) is 5.56 Å². The van der Waals surface area contributed by atoms with Crippen molar-refractivity contribution >= 4 is 23.0 Å². The molecular formula is C23H25N7O7. The summed E-state index contributed by atoms with van der Waals surface area (Å²) >= 11 is 0. The molecule has 0 bridgehead atoms. The van der Waals surface area contributed by atoms with Gasteiger partial charge in [-0.2, -0.15) is 0 Å². The summed E-state index contributed by atoms with van der Waals surface area (Å²) in [6.07, 6.45) is -0.186. The van der Waals surface area contributed by atoms with Crippen molar-refractivity contribution in [2.45, 2.75) is 44.3 Å². The number of carbonyl (C=O) groups excluding carboxylic acids is 2. The largest absolute Gasteiger partial charge is 0.467 e. The van der Waals surface area contributed by atoms with Crippen molar-refractivity contribution < 1.29 is 23.8 Å². The first kappa shape index (κ1) is 25.5. The van der Waals surface area contributed by atoms with Gasteiger partial charge in [0.2, 0.25) is 0 Å². The van der Waals surface area contributed by atoms with E-state index in [0.29, 0.717) is 0 Å². The number of azide groups is 1. The van der Waals surface area contributed by atoms with Crippen LogP contribution in [0.4, 0.5) is 4.79 Å². The van der Waals surface area contributed by atoms with Crippen LogP contribution in [0.5, 0.6) is 0 Å². The highest BCUT2D eigenvalue weighted by atomic mass is 16.6. The number of amides is 1. The molecular weight excluding hydrogens is 486 g/mol. The zero-order valence-corrected chi connectivity index (χ0v) is 20.3. The number of esters is 1. The number of methoxy groups -OCH3 is 2. The van der Waals surface area contributed by atoms with Crippen LogP contribution < -0.4 is 11.2 Å². The van der Waals surface area contributed by atoms with Crippen LogP contribution >= 0.6 is 0 Å². The van der Waals surface area contributed by atoms with Gasteiger partial charge in [0.05, 0.1) is 20.3 Å². The van der Waals surface area contributed by atoms with E-state index in [1.807, 2.05) is 24.3 Å². The molecule has 14 nitrogen and oxygen atoms in total. The van der Waals surface area contributed by atoms with Crippen LogP contribution in [0.25, 0.3) is 21.3 Å². The van der Waals surface area contributed by atoms with E-state index in [9.17, 15) is 24.7 Å². The molecule has 1 fully saturated rings. The molecule has 0 saturated carbocycles. The highest BCUT2D eigenvalue weighted by Gasteiger charge is 2.47. The second-order valence-corrected chi connectivity index (χ2v) is 8.45. The molecule has 4 rings (SSSR count). The minimum Gasteiger partial charge on any atom is -0.467 e. The first-order chi connectivity index (χ1) is 17.8. The molecule has 1 aliphatic rings. The third-order valence-corrected chi connectivity index (χ3v) is 6.28. The van der Waals surface area contributed by atoms with Gasteiger partial charge in [0, 0.05) is 46.6 Å². The average Bonchev–Trinajstić information content (AvgIpc) is 3.49. The lowest BCUT2D eigenvalue weighted by atomic mass is 10.0. The van der Waals surface area contributed by atoms with Crippen LogP contribution in [0.3, 0.4) is 0 Å². The number of hydrogen-bond donors (Lipinski definition) is 2. The molecule has 37 heavy (non-hydrogen) atoms. The maximum absolute atomic E-state index is 13.1. The number of rotatable bonds is 7. The van der Waals surface area contributed by atoms with Crippen molar-refractivity contribution in [2.75, 3.05) is 14.2 Å². The predicted molar refractivity (Wildman–Crippen MR) is 130 cm³/mol. The highest BCUT2D eigenvalue weighted by Crippen LogP contribution is 2.34. The van der Waals surface area contributed by atoms with Crippen molar-refractivity contribution in [3.05, 3.63) is 79.1 Å². The third-order valence-electron chi connectivity index (χ3n) is 6.28. The molecule has 0 aliphatic carbocycles. The Morgan fingerprint density at radius 1 is 1.30 bits per heavy atom. The summed E-state index contributed by atoms with van der Waals surface area (Å²) in [7, 11) is 2.33. The number of fused-ring (bicyclic) bond motifs is 1. The maximum atomic E-state index is 13.1. The fraction of sp³-hybridized carbons (Fsp3) is 0.391. The molecule has 4 atom stereocenters. The molecule has 3 aromatic rings. The van der Waals surface area contributed by atoms with E-state index in [0.717, 1.165) is 33.0 Å². The number of H-pyrrole nitrogens is 2. The van der Waals surface area contributed by atoms with Gasteiger partial charge < -0.3 is 19.2 Å². The van der Waals surface area contributed by atoms with Crippen LogP contribution in [0, 0.1) is 6.92 Å². The maximum Gasteiger partial charge on any atom is 0.412 e. The summed E-state index contributed by atoms with van der Waals surface area (Å²) < 4.78 is 17.2. The molecule has 194 valence electrons. The lowest BCUT2D eigenvalue weighted by Crippen LogP contribution is -2.55. The number of aromatic amines is 2. The Balaban J connectivity index is 1.76. The Bertz CT molecular complexity index is 1490. The van der Waals surface area contributed by atoms with Gasteiger partial charge in [-0.15, -0.1) is 0 Å². The summed E-state index contributed by atoms with van der Waals surface area (Å²) in [6.45, 7) is 1.52. The van der Waals surface area contributed by atoms with Gasteiger partial charge in [0.1, 0.15) is 18.5 Å². The van der Waals surface area contributed by atoms with E-state index >= 15 is 0 Å². The normalized spacial score (nSPS) is 19.7. The standard InChI is InChI=1S/C23H25N7O7/c1-12-11-29(22(33)26-19(12)31)18-9-16(27-28-24)20(37-18)30(23(34)36-3)17(21(32)35-2)8-13-10-25-15-7-5-4-6-14(13)15/h4-7,10-11,16-18,20,25H,8-9H2,1-3H3,(H,26,31,33). The van der Waals surface area contributed by atoms with E-state index in [2.05, 4.69) is 20.0 Å². The van der Waals surface area contributed by atoms with Crippen molar-refractivity contribution in [2.24, 2.45) is 5.11 Å². The molecule has 0 radical (unpaired) electrons. The third kappa shape index (κ3) is 4.92. The molecule has 1 saturated heterocycles. The highest BCUT2D eigenvalue weighted by molar-refractivity contribution is 5.86. The minimum atomic E-state index is -1.29. The number of nitrogens with zero attached hydrogens (tertiary/aromatic N) is 5. The van der Waals surface area contributed by atoms with Crippen molar-refractivity contribution in [3.63, 3.8) is 0 Å². The smallest absolute Gasteiger partial charge is 0.412 e. The molecule has 1 aliphatic heterocycles. The summed E-state index contributed by atoms with van der Waals surface area (Å²) in [5, 5.41) is 4.60. The predicted octanol–water partition coefficient (Wildman–Crippen LogP) is 2.10. The number of ether oxygens (including phenoxy) is 3. The molecule has 3 heterocycles. The van der Waals surface area contributed by atoms with Gasteiger partial charge >= 0.3 is 17.8 Å². The second kappa shape index (κ2) is 10.6. The lowest BCUT2D eigenvalue weighted by molar-refractivity contribution is -0.154. The zero-order chi connectivity index (χ0) is 26.7. The number of aromatic nitrogens is 3. The average molecular weight is 511 g/mol. The van der Waals surface area contributed by atoms with Gasteiger partial charge in [-0.1, -0.05) is 23.3 Å². The van der Waals surface area contributed by atoms with E-state index in [1.165, 1.54) is 20.2 Å². The summed E-state index contributed by atoms with van der Waals surface area (Å²) in [6, 6.07) is 5.22. The van der Waals surface area contributed by atoms with Gasteiger partial charge in [-0.05, 0) is 24.1 Å². The molecule has 14 heteroatoms. The minimum absolute atomic E-state index is 0.0193. The van der Waals surface area contributed by atoms with Gasteiger partial charge in [-0.25, -0.2) is 14.4 Å². The van der Waals surface area contributed by atoms with E-state index in [1.54, 1.807) is 6.20 Å². The monoisotopic (exact) mass is 511 g/mol. The van der Waals surface area contributed by atoms with Crippen LogP contribution in [0.1, 0.15) is 23.8 Å². The number of nitrogens with one attached hydrogen (secondary N) is 2. The van der Waals surface area contributed by atoms with Crippen LogP contribution in [-0.2, 0) is 25.4 Å². The number of para-hydroxylation sites is 1. The van der Waals surface area contributed by atoms with Gasteiger partial charge in [-0.3, -0.25) is 19.2 Å². The van der Waals surface area contributed by atoms with Crippen LogP contribution in [0.2, 0.25) is 0 Å². The molecule has 1 amide bonds. The van der Waals surface area contributed by atoms with E-state index in [4.69, 9.17) is 14.2 Å². The molecule has 2 aromatic heterocycles. The first-order valence-corrected chi connectivity index (χ1v) is 11.3. The van der Waals surface area contributed by atoms with Crippen molar-refractivity contribution in [3.8, 4) is 0 Å². The molecule has 4 unspecified atom stereocenters. The fourth-order valence-corrected chi connectivity index (χ4v) is 4.48. The van der Waals surface area contributed by atoms with Crippen molar-refractivity contribution in [1.29, 1.82) is 0 Å². The fourth-order valence-electron chi connectivity index (χ4n) is 4.48. The number of benzene rings is 1. The van der Waals surface area contributed by atoms with Crippen molar-refractivity contribution in [1.82, 2.24) is 19.4 Å². The Morgan fingerprint density at radius 3 is 2.76 bits per heavy atom. The Kier molecular flexibility index (Phi) is 7.32. The molecule has 2 N–H and O–H groups in total. The molecule has 1 aromatic carbocycles. The first-order valence-electron chi connectivity index (χ1n) is 11.3. The summed E-state index contributed by atoms with van der Waals surface area (Å²) in [4.78, 5) is 59.6. The second-order valence-electron chi connectivity index (χ2n) is 8.45. The Morgan fingerprint density at radius 2 is 2.05 bits per heavy atom. The summed E-state index contributed by atoms with van der Waals surface area (Å²) in [5.74, 6) is -0.750.